The summed E-state index contributed by atoms with van der Waals surface area (Å²) in [6, 6.07) is 0. The van der Waals surface area contributed by atoms with Gasteiger partial charge in [-0.2, -0.15) is 0 Å². The van der Waals surface area contributed by atoms with E-state index in [9.17, 15) is 14.4 Å². The van der Waals surface area contributed by atoms with Crippen LogP contribution in [-0.4, -0.2) is 38.2 Å². The minimum atomic E-state index is -1.50. The molecule has 1 heterocycles. The first-order valence-electron chi connectivity index (χ1n) is 4.95. The lowest BCUT2D eigenvalue weighted by molar-refractivity contribution is -0.200. The Morgan fingerprint density at radius 2 is 1.88 bits per heavy atom. The van der Waals surface area contributed by atoms with Crippen LogP contribution in [0.15, 0.2) is 0 Å². The summed E-state index contributed by atoms with van der Waals surface area (Å²) < 4.78 is 14.1. The van der Waals surface area contributed by atoms with Crippen molar-refractivity contribution < 1.29 is 28.6 Å². The molecule has 0 bridgehead atoms. The highest BCUT2D eigenvalue weighted by atomic mass is 16.6. The molecule has 0 N–H and O–H groups in total. The highest BCUT2D eigenvalue weighted by molar-refractivity contribution is 6.06. The highest BCUT2D eigenvalue weighted by Crippen LogP contribution is 2.52. The molecule has 88 valence electrons. The van der Waals surface area contributed by atoms with Crippen LogP contribution >= 0.6 is 0 Å². The van der Waals surface area contributed by atoms with Gasteiger partial charge < -0.3 is 14.2 Å². The van der Waals surface area contributed by atoms with E-state index in [1.807, 2.05) is 0 Å². The zero-order valence-corrected chi connectivity index (χ0v) is 9.02. The van der Waals surface area contributed by atoms with Crippen LogP contribution in [0.25, 0.3) is 0 Å². The van der Waals surface area contributed by atoms with Gasteiger partial charge in [0.2, 0.25) is 0 Å². The molecule has 6 nitrogen and oxygen atoms in total. The van der Waals surface area contributed by atoms with E-state index < -0.39 is 29.2 Å². The Labute approximate surface area is 91.8 Å². The third kappa shape index (κ3) is 1.10. The van der Waals surface area contributed by atoms with Gasteiger partial charge in [0.1, 0.15) is 12.0 Å². The van der Waals surface area contributed by atoms with E-state index in [0.717, 1.165) is 0 Å². The van der Waals surface area contributed by atoms with Crippen LogP contribution < -0.4 is 0 Å². The summed E-state index contributed by atoms with van der Waals surface area (Å²) in [4.78, 5) is 34.8. The van der Waals surface area contributed by atoms with E-state index in [0.29, 0.717) is 6.42 Å². The van der Waals surface area contributed by atoms with Gasteiger partial charge >= 0.3 is 17.9 Å². The minimum Gasteiger partial charge on any atom is -0.468 e. The molecule has 2 fully saturated rings. The van der Waals surface area contributed by atoms with Crippen molar-refractivity contribution in [3.63, 3.8) is 0 Å². The van der Waals surface area contributed by atoms with E-state index >= 15 is 0 Å². The highest BCUT2D eigenvalue weighted by Gasteiger charge is 2.69. The molecule has 1 aliphatic carbocycles. The molecule has 0 unspecified atom stereocenters. The lowest BCUT2D eigenvalue weighted by Crippen LogP contribution is -2.55. The molecule has 16 heavy (non-hydrogen) atoms. The first kappa shape index (κ1) is 10.9. The molecule has 1 aliphatic heterocycles. The maximum Gasteiger partial charge on any atom is 0.324 e. The second kappa shape index (κ2) is 3.47. The average molecular weight is 228 g/mol. The van der Waals surface area contributed by atoms with Gasteiger partial charge in [0.05, 0.1) is 14.2 Å². The SMILES string of the molecule is COC(=O)C1(C(=O)OC)CC[C@@H]2OC(=O)[C@@H]21. The third-order valence-electron chi connectivity index (χ3n) is 3.35. The number of rotatable bonds is 2. The molecule has 0 aromatic rings. The van der Waals surface area contributed by atoms with Crippen LogP contribution in [0.2, 0.25) is 0 Å². The number of fused-ring (bicyclic) bond motifs is 1. The van der Waals surface area contributed by atoms with Gasteiger partial charge in [-0.25, -0.2) is 0 Å². The maximum absolute atomic E-state index is 11.7. The van der Waals surface area contributed by atoms with E-state index in [-0.39, 0.29) is 12.5 Å². The Balaban J connectivity index is 2.39. The Kier molecular flexibility index (Phi) is 2.36. The quantitative estimate of drug-likeness (QED) is 0.365. The number of esters is 3. The second-order valence-corrected chi connectivity index (χ2v) is 3.95. The topological polar surface area (TPSA) is 78.9 Å². The molecule has 0 spiro atoms. The van der Waals surface area contributed by atoms with Crippen molar-refractivity contribution in [2.75, 3.05) is 14.2 Å². The molecule has 2 atom stereocenters. The number of carbonyl (C=O) groups is 3. The van der Waals surface area contributed by atoms with E-state index in [1.165, 1.54) is 14.2 Å². The largest absolute Gasteiger partial charge is 0.468 e. The van der Waals surface area contributed by atoms with Gasteiger partial charge in [-0.1, -0.05) is 0 Å². The summed E-state index contributed by atoms with van der Waals surface area (Å²) in [5.41, 5.74) is -1.50. The molecule has 0 amide bonds. The van der Waals surface area contributed by atoms with Crippen LogP contribution in [-0.2, 0) is 28.6 Å². The Morgan fingerprint density at radius 1 is 1.31 bits per heavy atom. The van der Waals surface area contributed by atoms with Crippen LogP contribution in [0.5, 0.6) is 0 Å². The zero-order valence-electron chi connectivity index (χ0n) is 9.02. The summed E-state index contributed by atoms with van der Waals surface area (Å²) in [5, 5.41) is 0. The molecule has 1 saturated carbocycles. The third-order valence-corrected chi connectivity index (χ3v) is 3.35. The lowest BCUT2D eigenvalue weighted by Gasteiger charge is -2.36. The molecule has 0 aromatic carbocycles. The fourth-order valence-electron chi connectivity index (χ4n) is 2.55. The standard InChI is InChI=1S/C10H12O6/c1-14-8(12)10(9(13)15-2)4-3-5-6(10)7(11)16-5/h5-6H,3-4H2,1-2H3/t5-,6+/m0/s1. The van der Waals surface area contributed by atoms with Crippen molar-refractivity contribution in [1.82, 2.24) is 0 Å². The second-order valence-electron chi connectivity index (χ2n) is 3.95. The first-order chi connectivity index (χ1) is 7.57. The van der Waals surface area contributed by atoms with Crippen LogP contribution in [0.4, 0.5) is 0 Å². The van der Waals surface area contributed by atoms with Crippen molar-refractivity contribution >= 4 is 17.9 Å². The van der Waals surface area contributed by atoms with Crippen molar-refractivity contribution in [2.45, 2.75) is 18.9 Å². The molecular formula is C10H12O6. The fraction of sp³-hybridized carbons (Fsp3) is 0.700. The van der Waals surface area contributed by atoms with Crippen LogP contribution in [0, 0.1) is 11.3 Å². The molecule has 2 aliphatic rings. The van der Waals surface area contributed by atoms with E-state index in [2.05, 4.69) is 9.47 Å². The molecule has 0 aromatic heterocycles. The monoisotopic (exact) mass is 228 g/mol. The van der Waals surface area contributed by atoms with Gasteiger partial charge in [0.25, 0.3) is 0 Å². The summed E-state index contributed by atoms with van der Waals surface area (Å²) in [6.45, 7) is 0. The van der Waals surface area contributed by atoms with E-state index in [4.69, 9.17) is 4.74 Å². The van der Waals surface area contributed by atoms with Crippen molar-refractivity contribution in [3.8, 4) is 0 Å². The van der Waals surface area contributed by atoms with Crippen molar-refractivity contribution in [1.29, 1.82) is 0 Å². The Bertz CT molecular complexity index is 344. The molecule has 0 radical (unpaired) electrons. The zero-order chi connectivity index (χ0) is 11.9. The number of carbonyl (C=O) groups excluding carboxylic acids is 3. The number of methoxy groups -OCH3 is 2. The molecule has 6 heteroatoms. The van der Waals surface area contributed by atoms with Crippen molar-refractivity contribution in [3.05, 3.63) is 0 Å². The Hall–Kier alpha value is -1.59. The van der Waals surface area contributed by atoms with Crippen LogP contribution in [0.1, 0.15) is 12.8 Å². The lowest BCUT2D eigenvalue weighted by atomic mass is 9.75. The summed E-state index contributed by atoms with van der Waals surface area (Å²) in [7, 11) is 2.37. The van der Waals surface area contributed by atoms with E-state index in [1.54, 1.807) is 0 Å². The summed E-state index contributed by atoms with van der Waals surface area (Å²) >= 11 is 0. The maximum atomic E-state index is 11.7. The van der Waals surface area contributed by atoms with Gasteiger partial charge in [-0.05, 0) is 12.8 Å². The molecular weight excluding hydrogens is 216 g/mol. The van der Waals surface area contributed by atoms with Gasteiger partial charge in [-0.15, -0.1) is 0 Å². The predicted molar refractivity (Wildman–Crippen MR) is 49.1 cm³/mol. The average Bonchev–Trinajstić information content (AvgIpc) is 2.60. The fourth-order valence-corrected chi connectivity index (χ4v) is 2.55. The summed E-state index contributed by atoms with van der Waals surface area (Å²) in [6.07, 6.45) is 0.360. The normalized spacial score (nSPS) is 29.8. The smallest absolute Gasteiger partial charge is 0.324 e. The Morgan fingerprint density at radius 3 is 2.31 bits per heavy atom. The first-order valence-corrected chi connectivity index (χ1v) is 4.95. The van der Waals surface area contributed by atoms with Crippen LogP contribution in [0.3, 0.4) is 0 Å². The number of hydrogen-bond donors (Lipinski definition) is 0. The molecule has 2 rings (SSSR count). The number of ether oxygens (including phenoxy) is 3. The minimum absolute atomic E-state index is 0.230. The summed E-state index contributed by atoms with van der Waals surface area (Å²) in [5.74, 6) is -2.71. The van der Waals surface area contributed by atoms with Gasteiger partial charge in [0.15, 0.2) is 5.41 Å². The van der Waals surface area contributed by atoms with Gasteiger partial charge in [-0.3, -0.25) is 14.4 Å². The molecule has 1 saturated heterocycles. The van der Waals surface area contributed by atoms with Gasteiger partial charge in [0, 0.05) is 0 Å². The predicted octanol–water partition coefficient (Wildman–Crippen LogP) is -0.346. The number of hydrogen-bond acceptors (Lipinski definition) is 6. The van der Waals surface area contributed by atoms with Crippen molar-refractivity contribution in [2.24, 2.45) is 11.3 Å².